The van der Waals surface area contributed by atoms with E-state index in [1.54, 1.807) is 6.07 Å². The molecule has 0 saturated heterocycles. The molecule has 19 heavy (non-hydrogen) atoms. The van der Waals surface area contributed by atoms with Crippen LogP contribution < -0.4 is 5.73 Å². The number of fused-ring (bicyclic) bond motifs is 1. The molecular weight excluding hydrogens is 234 g/mol. The zero-order chi connectivity index (χ0) is 13.2. The highest BCUT2D eigenvalue weighted by atomic mass is 16.3. The van der Waals surface area contributed by atoms with Crippen molar-refractivity contribution in [3.05, 3.63) is 77.9 Å². The molecule has 0 unspecified atom stereocenters. The van der Waals surface area contributed by atoms with Crippen molar-refractivity contribution in [3.8, 4) is 5.75 Å². The highest BCUT2D eigenvalue weighted by Gasteiger charge is 2.16. The van der Waals surface area contributed by atoms with Crippen LogP contribution in [0.1, 0.15) is 17.2 Å². The second-order valence-electron chi connectivity index (χ2n) is 4.56. The van der Waals surface area contributed by atoms with E-state index in [4.69, 9.17) is 5.73 Å². The van der Waals surface area contributed by atoms with Gasteiger partial charge in [0, 0.05) is 5.56 Å². The molecule has 2 heteroatoms. The van der Waals surface area contributed by atoms with Crippen molar-refractivity contribution in [1.29, 1.82) is 0 Å². The third-order valence-corrected chi connectivity index (χ3v) is 3.37. The van der Waals surface area contributed by atoms with E-state index in [0.29, 0.717) is 5.56 Å². The van der Waals surface area contributed by atoms with Gasteiger partial charge in [-0.25, -0.2) is 5.73 Å². The minimum absolute atomic E-state index is 0.183. The third kappa shape index (κ3) is 2.07. The van der Waals surface area contributed by atoms with Crippen molar-refractivity contribution < 1.29 is 5.11 Å². The van der Waals surface area contributed by atoms with Crippen molar-refractivity contribution in [2.24, 2.45) is 0 Å². The Morgan fingerprint density at radius 1 is 0.789 bits per heavy atom. The van der Waals surface area contributed by atoms with Gasteiger partial charge in [0.15, 0.2) is 0 Å². The standard InChI is InChI=1S/C17H14NO/c18-17(13-7-2-1-3-8-13)16-14-9-5-4-6-12(14)10-11-15(16)19/h1-11,17-19H/t17-/m0/s1. The summed E-state index contributed by atoms with van der Waals surface area (Å²) >= 11 is 0. The van der Waals surface area contributed by atoms with E-state index in [9.17, 15) is 5.11 Å². The number of phenolic OH excluding ortho intramolecular Hbond substituents is 1. The van der Waals surface area contributed by atoms with Gasteiger partial charge in [-0.2, -0.15) is 0 Å². The van der Waals surface area contributed by atoms with Gasteiger partial charge in [0.1, 0.15) is 5.75 Å². The van der Waals surface area contributed by atoms with Gasteiger partial charge in [-0.1, -0.05) is 60.7 Å². The zero-order valence-electron chi connectivity index (χ0n) is 10.4. The van der Waals surface area contributed by atoms with Gasteiger partial charge in [0.05, 0.1) is 6.04 Å². The molecule has 2 N–H and O–H groups in total. The summed E-state index contributed by atoms with van der Waals surface area (Å²) in [5.41, 5.74) is 9.97. The molecule has 0 aliphatic heterocycles. The molecule has 0 aromatic heterocycles. The molecule has 0 aliphatic rings. The second kappa shape index (κ2) is 4.75. The first kappa shape index (κ1) is 11.8. The van der Waals surface area contributed by atoms with E-state index < -0.39 is 6.04 Å². The first-order chi connectivity index (χ1) is 9.27. The lowest BCUT2D eigenvalue weighted by atomic mass is 9.93. The minimum Gasteiger partial charge on any atom is -0.508 e. The Hall–Kier alpha value is -2.32. The Labute approximate surface area is 112 Å². The van der Waals surface area contributed by atoms with Crippen LogP contribution in [0, 0.1) is 0 Å². The summed E-state index contributed by atoms with van der Waals surface area (Å²) in [5.74, 6) is 0.183. The van der Waals surface area contributed by atoms with Crippen molar-refractivity contribution in [1.82, 2.24) is 5.73 Å². The van der Waals surface area contributed by atoms with Gasteiger partial charge in [-0.15, -0.1) is 0 Å². The maximum Gasteiger partial charge on any atom is 0.121 e. The average Bonchev–Trinajstić information content (AvgIpc) is 2.47. The normalized spacial score (nSPS) is 12.5. The quantitative estimate of drug-likeness (QED) is 0.734. The second-order valence-corrected chi connectivity index (χ2v) is 4.56. The summed E-state index contributed by atoms with van der Waals surface area (Å²) in [7, 11) is 0. The fourth-order valence-electron chi connectivity index (χ4n) is 2.40. The average molecular weight is 248 g/mol. The monoisotopic (exact) mass is 248 g/mol. The molecule has 2 nitrogen and oxygen atoms in total. The SMILES string of the molecule is [NH][C@@H](c1ccccc1)c1c(O)ccc2ccccc12. The highest BCUT2D eigenvalue weighted by Crippen LogP contribution is 2.34. The fraction of sp³-hybridized carbons (Fsp3) is 0.0588. The minimum atomic E-state index is -0.577. The summed E-state index contributed by atoms with van der Waals surface area (Å²) in [4.78, 5) is 0. The van der Waals surface area contributed by atoms with E-state index in [2.05, 4.69) is 0 Å². The number of benzene rings is 3. The lowest BCUT2D eigenvalue weighted by molar-refractivity contribution is 0.466. The summed E-state index contributed by atoms with van der Waals surface area (Å²) in [6.07, 6.45) is 0. The molecule has 3 aromatic rings. The lowest BCUT2D eigenvalue weighted by Crippen LogP contribution is -2.02. The molecule has 0 amide bonds. The van der Waals surface area contributed by atoms with Crippen LogP contribution in [-0.2, 0) is 0 Å². The molecular formula is C17H14NO. The van der Waals surface area contributed by atoms with Gasteiger partial charge in [-0.05, 0) is 22.4 Å². The highest BCUT2D eigenvalue weighted by molar-refractivity contribution is 5.88. The maximum atomic E-state index is 10.1. The summed E-state index contributed by atoms with van der Waals surface area (Å²) in [6, 6.07) is 20.4. The molecule has 0 heterocycles. The number of aromatic hydroxyl groups is 1. The number of hydrogen-bond acceptors (Lipinski definition) is 1. The van der Waals surface area contributed by atoms with E-state index in [-0.39, 0.29) is 5.75 Å². The zero-order valence-corrected chi connectivity index (χ0v) is 10.4. The first-order valence-electron chi connectivity index (χ1n) is 6.24. The smallest absolute Gasteiger partial charge is 0.121 e. The van der Waals surface area contributed by atoms with Gasteiger partial charge >= 0.3 is 0 Å². The molecule has 93 valence electrons. The van der Waals surface area contributed by atoms with E-state index in [0.717, 1.165) is 16.3 Å². The largest absolute Gasteiger partial charge is 0.508 e. The topological polar surface area (TPSA) is 44.0 Å². The van der Waals surface area contributed by atoms with Crippen molar-refractivity contribution in [2.45, 2.75) is 6.04 Å². The van der Waals surface area contributed by atoms with Gasteiger partial charge < -0.3 is 5.11 Å². The summed E-state index contributed by atoms with van der Waals surface area (Å²) < 4.78 is 0. The lowest BCUT2D eigenvalue weighted by Gasteiger charge is -2.16. The molecule has 0 spiro atoms. The summed E-state index contributed by atoms with van der Waals surface area (Å²) in [6.45, 7) is 0. The van der Waals surface area contributed by atoms with Crippen LogP contribution in [0.2, 0.25) is 0 Å². The summed E-state index contributed by atoms with van der Waals surface area (Å²) in [5, 5.41) is 12.1. The fourth-order valence-corrected chi connectivity index (χ4v) is 2.40. The predicted molar refractivity (Wildman–Crippen MR) is 77.0 cm³/mol. The van der Waals surface area contributed by atoms with Crippen molar-refractivity contribution in [2.75, 3.05) is 0 Å². The predicted octanol–water partition coefficient (Wildman–Crippen LogP) is 3.92. The van der Waals surface area contributed by atoms with Crippen LogP contribution >= 0.6 is 0 Å². The van der Waals surface area contributed by atoms with Gasteiger partial charge in [0.25, 0.3) is 0 Å². The van der Waals surface area contributed by atoms with Crippen molar-refractivity contribution >= 4 is 10.8 Å². The molecule has 1 atom stereocenters. The number of hydrogen-bond donors (Lipinski definition) is 1. The van der Waals surface area contributed by atoms with Crippen molar-refractivity contribution in [3.63, 3.8) is 0 Å². The van der Waals surface area contributed by atoms with Crippen LogP contribution in [0.3, 0.4) is 0 Å². The molecule has 0 bridgehead atoms. The van der Waals surface area contributed by atoms with Crippen LogP contribution in [-0.4, -0.2) is 5.11 Å². The van der Waals surface area contributed by atoms with Crippen LogP contribution in [0.5, 0.6) is 5.75 Å². The number of rotatable bonds is 2. The van der Waals surface area contributed by atoms with Gasteiger partial charge in [0.2, 0.25) is 0 Å². The molecule has 3 rings (SSSR count). The Balaban J connectivity index is 2.22. The Morgan fingerprint density at radius 2 is 1.47 bits per heavy atom. The van der Waals surface area contributed by atoms with Crippen LogP contribution in [0.4, 0.5) is 0 Å². The van der Waals surface area contributed by atoms with E-state index >= 15 is 0 Å². The first-order valence-corrected chi connectivity index (χ1v) is 6.24. The number of phenols is 1. The Kier molecular flexibility index (Phi) is 2.94. The van der Waals surface area contributed by atoms with Crippen LogP contribution in [0.15, 0.2) is 66.7 Å². The maximum absolute atomic E-state index is 10.1. The van der Waals surface area contributed by atoms with Crippen LogP contribution in [0.25, 0.3) is 10.8 Å². The molecule has 0 fully saturated rings. The molecule has 3 aromatic carbocycles. The van der Waals surface area contributed by atoms with E-state index in [1.807, 2.05) is 60.7 Å². The Bertz CT molecular complexity index is 707. The number of nitrogens with one attached hydrogen (secondary N) is 1. The van der Waals surface area contributed by atoms with E-state index in [1.165, 1.54) is 0 Å². The van der Waals surface area contributed by atoms with Gasteiger partial charge in [-0.3, -0.25) is 0 Å². The molecule has 0 aliphatic carbocycles. The molecule has 0 saturated carbocycles. The third-order valence-electron chi connectivity index (χ3n) is 3.37. The Morgan fingerprint density at radius 3 is 2.26 bits per heavy atom. The molecule has 1 radical (unpaired) electrons.